The molecule has 2 nitrogen and oxygen atoms in total. The average molecular weight is 348 g/mol. The van der Waals surface area contributed by atoms with Crippen molar-refractivity contribution in [3.05, 3.63) is 69.4 Å². The van der Waals surface area contributed by atoms with E-state index in [0.717, 1.165) is 17.3 Å². The number of hydrogen-bond donors (Lipinski definition) is 1. The fraction of sp³-hybridized carbons (Fsp3) is 0.235. The summed E-state index contributed by atoms with van der Waals surface area (Å²) >= 11 is 3.45. The molecule has 1 unspecified atom stereocenters. The molecule has 3 rings (SSSR count). The first-order valence-corrected chi connectivity index (χ1v) is 7.71. The Hall–Kier alpha value is -1.68. The maximum Gasteiger partial charge on any atom is 0.224 e. The molecule has 21 heavy (non-hydrogen) atoms. The van der Waals surface area contributed by atoms with Gasteiger partial charge in [0.25, 0.3) is 0 Å². The Kier molecular flexibility index (Phi) is 4.06. The second-order valence-corrected chi connectivity index (χ2v) is 6.24. The van der Waals surface area contributed by atoms with Gasteiger partial charge in [0, 0.05) is 22.5 Å². The van der Waals surface area contributed by atoms with Gasteiger partial charge in [0.15, 0.2) is 0 Å². The van der Waals surface area contributed by atoms with Gasteiger partial charge in [-0.3, -0.25) is 4.79 Å². The van der Waals surface area contributed by atoms with E-state index in [9.17, 15) is 9.18 Å². The third-order valence-electron chi connectivity index (χ3n) is 3.88. The molecule has 0 saturated heterocycles. The monoisotopic (exact) mass is 347 g/mol. The zero-order chi connectivity index (χ0) is 14.8. The topological polar surface area (TPSA) is 29.1 Å². The molecule has 0 spiro atoms. The van der Waals surface area contributed by atoms with Crippen LogP contribution in [0.2, 0.25) is 0 Å². The van der Waals surface area contributed by atoms with Crippen molar-refractivity contribution in [1.82, 2.24) is 5.32 Å². The Morgan fingerprint density at radius 1 is 1.19 bits per heavy atom. The molecule has 0 bridgehead atoms. The van der Waals surface area contributed by atoms with E-state index in [1.54, 1.807) is 18.2 Å². The van der Waals surface area contributed by atoms with E-state index >= 15 is 0 Å². The van der Waals surface area contributed by atoms with Gasteiger partial charge in [-0.05, 0) is 42.2 Å². The summed E-state index contributed by atoms with van der Waals surface area (Å²) in [5, 5.41) is 2.84. The van der Waals surface area contributed by atoms with E-state index in [4.69, 9.17) is 0 Å². The van der Waals surface area contributed by atoms with Gasteiger partial charge >= 0.3 is 0 Å². The number of rotatable bonds is 3. The summed E-state index contributed by atoms with van der Waals surface area (Å²) in [5.41, 5.74) is 2.96. The number of hydrogen-bond acceptors (Lipinski definition) is 1. The van der Waals surface area contributed by atoms with Crippen LogP contribution in [-0.2, 0) is 24.2 Å². The number of fused-ring (bicyclic) bond motifs is 1. The molecule has 108 valence electrons. The molecule has 0 radical (unpaired) electrons. The number of nitrogens with one attached hydrogen (secondary N) is 1. The lowest BCUT2D eigenvalue weighted by Crippen LogP contribution is -2.30. The van der Waals surface area contributed by atoms with Crippen molar-refractivity contribution in [2.45, 2.75) is 19.4 Å². The Morgan fingerprint density at radius 3 is 2.76 bits per heavy atom. The van der Waals surface area contributed by atoms with Crippen molar-refractivity contribution in [3.8, 4) is 0 Å². The summed E-state index contributed by atoms with van der Waals surface area (Å²) in [4.78, 5) is 12.2. The highest BCUT2D eigenvalue weighted by Gasteiger charge is 2.27. The first-order chi connectivity index (χ1) is 10.1. The summed E-state index contributed by atoms with van der Waals surface area (Å²) in [7, 11) is 0. The minimum Gasteiger partial charge on any atom is -0.352 e. The van der Waals surface area contributed by atoms with Crippen LogP contribution in [0.25, 0.3) is 0 Å². The Bertz CT molecular complexity index is 686. The van der Waals surface area contributed by atoms with Crippen molar-refractivity contribution in [2.24, 2.45) is 5.92 Å². The minimum absolute atomic E-state index is 0.00873. The first kappa shape index (κ1) is 14.3. The minimum atomic E-state index is -0.281. The van der Waals surface area contributed by atoms with Crippen molar-refractivity contribution in [2.75, 3.05) is 0 Å². The van der Waals surface area contributed by atoms with Gasteiger partial charge < -0.3 is 5.32 Å². The predicted molar refractivity (Wildman–Crippen MR) is 83.3 cm³/mol. The molecule has 1 N–H and O–H groups in total. The summed E-state index contributed by atoms with van der Waals surface area (Å²) in [6.45, 7) is 0.238. The molecule has 1 amide bonds. The van der Waals surface area contributed by atoms with Crippen LogP contribution in [0.5, 0.6) is 0 Å². The van der Waals surface area contributed by atoms with Gasteiger partial charge in [0.1, 0.15) is 5.82 Å². The smallest absolute Gasteiger partial charge is 0.224 e. The van der Waals surface area contributed by atoms with E-state index in [1.165, 1.54) is 17.2 Å². The fourth-order valence-electron chi connectivity index (χ4n) is 2.74. The summed E-state index contributed by atoms with van der Waals surface area (Å²) < 4.78 is 14.6. The maximum atomic E-state index is 13.5. The van der Waals surface area contributed by atoms with Gasteiger partial charge in [0.05, 0.1) is 0 Å². The largest absolute Gasteiger partial charge is 0.352 e. The molecule has 1 aliphatic rings. The number of halogens is 2. The maximum absolute atomic E-state index is 13.5. The van der Waals surface area contributed by atoms with Crippen molar-refractivity contribution >= 4 is 21.8 Å². The predicted octanol–water partition coefficient (Wildman–Crippen LogP) is 3.62. The van der Waals surface area contributed by atoms with E-state index < -0.39 is 0 Å². The molecule has 0 aromatic heterocycles. The Labute approximate surface area is 131 Å². The molecule has 0 heterocycles. The van der Waals surface area contributed by atoms with E-state index in [1.807, 2.05) is 6.07 Å². The van der Waals surface area contributed by atoms with Crippen LogP contribution in [0.1, 0.15) is 16.7 Å². The number of carbonyl (C=O) groups excluding carboxylic acids is 1. The van der Waals surface area contributed by atoms with Crippen LogP contribution in [0.3, 0.4) is 0 Å². The lowest BCUT2D eigenvalue weighted by atomic mass is 10.1. The normalized spacial score (nSPS) is 16.6. The SMILES string of the molecule is O=C(NCc1ccccc1F)C1Cc2ccc(Br)cc2C1. The van der Waals surface area contributed by atoms with Crippen molar-refractivity contribution in [3.63, 3.8) is 0 Å². The fourth-order valence-corrected chi connectivity index (χ4v) is 3.15. The summed E-state index contributed by atoms with van der Waals surface area (Å²) in [6.07, 6.45) is 1.50. The van der Waals surface area contributed by atoms with Gasteiger partial charge in [0.2, 0.25) is 5.91 Å². The number of amides is 1. The lowest BCUT2D eigenvalue weighted by molar-refractivity contribution is -0.124. The molecule has 1 atom stereocenters. The van der Waals surface area contributed by atoms with Crippen LogP contribution in [-0.4, -0.2) is 5.91 Å². The number of benzene rings is 2. The molecule has 1 aliphatic carbocycles. The molecule has 2 aromatic carbocycles. The summed E-state index contributed by atoms with van der Waals surface area (Å²) in [5.74, 6) is -0.344. The van der Waals surface area contributed by atoms with Crippen LogP contribution < -0.4 is 5.32 Å². The molecule has 0 fully saturated rings. The third-order valence-corrected chi connectivity index (χ3v) is 4.38. The molecule has 0 saturated carbocycles. The standard InChI is InChI=1S/C17H15BrFNO/c18-15-6-5-11-7-14(8-13(11)9-15)17(21)20-10-12-3-1-2-4-16(12)19/h1-6,9,14H,7-8,10H2,(H,20,21). The van der Waals surface area contributed by atoms with Crippen molar-refractivity contribution < 1.29 is 9.18 Å². The average Bonchev–Trinajstić information content (AvgIpc) is 2.89. The van der Waals surface area contributed by atoms with E-state index in [2.05, 4.69) is 33.4 Å². The second kappa shape index (κ2) is 5.98. The van der Waals surface area contributed by atoms with Crippen LogP contribution in [0.4, 0.5) is 4.39 Å². The van der Waals surface area contributed by atoms with E-state index in [0.29, 0.717) is 5.56 Å². The van der Waals surface area contributed by atoms with Crippen molar-refractivity contribution in [1.29, 1.82) is 0 Å². The molecular weight excluding hydrogens is 333 g/mol. The Balaban J connectivity index is 1.62. The second-order valence-electron chi connectivity index (χ2n) is 5.33. The van der Waals surface area contributed by atoms with Crippen LogP contribution >= 0.6 is 15.9 Å². The van der Waals surface area contributed by atoms with Gasteiger partial charge in [-0.25, -0.2) is 4.39 Å². The molecule has 0 aliphatic heterocycles. The van der Waals surface area contributed by atoms with Crippen LogP contribution in [0.15, 0.2) is 46.9 Å². The highest BCUT2D eigenvalue weighted by atomic mass is 79.9. The zero-order valence-electron chi connectivity index (χ0n) is 11.4. The number of carbonyl (C=O) groups is 1. The zero-order valence-corrected chi connectivity index (χ0v) is 13.0. The molecular formula is C17H15BrFNO. The van der Waals surface area contributed by atoms with Gasteiger partial charge in [-0.15, -0.1) is 0 Å². The van der Waals surface area contributed by atoms with Crippen LogP contribution in [0, 0.1) is 11.7 Å². The highest BCUT2D eigenvalue weighted by molar-refractivity contribution is 9.10. The van der Waals surface area contributed by atoms with E-state index in [-0.39, 0.29) is 24.2 Å². The van der Waals surface area contributed by atoms with Gasteiger partial charge in [-0.1, -0.05) is 40.2 Å². The molecule has 4 heteroatoms. The lowest BCUT2D eigenvalue weighted by Gasteiger charge is -2.10. The molecule has 2 aromatic rings. The Morgan fingerprint density at radius 2 is 1.95 bits per heavy atom. The third kappa shape index (κ3) is 3.16. The highest BCUT2D eigenvalue weighted by Crippen LogP contribution is 2.29. The quantitative estimate of drug-likeness (QED) is 0.902. The van der Waals surface area contributed by atoms with Gasteiger partial charge in [-0.2, -0.15) is 0 Å². The first-order valence-electron chi connectivity index (χ1n) is 6.92. The summed E-state index contributed by atoms with van der Waals surface area (Å²) in [6, 6.07) is 12.6.